The zero-order valence-electron chi connectivity index (χ0n) is 20.0. The van der Waals surface area contributed by atoms with Crippen LogP contribution in [0.25, 0.3) is 0 Å². The molecule has 0 unspecified atom stereocenters. The first-order valence-corrected chi connectivity index (χ1v) is 14.4. The Morgan fingerprint density at radius 1 is 1.22 bits per heavy atom. The number of hydrogen-bond acceptors (Lipinski definition) is 5. The number of Topliss-reactive ketones (excluding diaryl/α,β-unsaturated/α-hetero) is 1. The van der Waals surface area contributed by atoms with E-state index in [1.54, 1.807) is 0 Å². The van der Waals surface area contributed by atoms with E-state index >= 15 is 0 Å². The summed E-state index contributed by atoms with van der Waals surface area (Å²) in [7, 11) is -3.02. The minimum absolute atomic E-state index is 0.0343. The van der Waals surface area contributed by atoms with Gasteiger partial charge in [-0.25, -0.2) is 8.42 Å². The second-order valence-electron chi connectivity index (χ2n) is 10.1. The predicted octanol–water partition coefficient (Wildman–Crippen LogP) is 4.11. The van der Waals surface area contributed by atoms with Crippen LogP contribution in [0.5, 0.6) is 0 Å². The van der Waals surface area contributed by atoms with E-state index in [0.717, 1.165) is 64.2 Å². The number of sulfone groups is 1. The first kappa shape index (κ1) is 27.0. The van der Waals surface area contributed by atoms with Gasteiger partial charge in [0.05, 0.1) is 23.1 Å². The highest BCUT2D eigenvalue weighted by Gasteiger charge is 2.39. The van der Waals surface area contributed by atoms with Crippen molar-refractivity contribution in [3.63, 3.8) is 0 Å². The van der Waals surface area contributed by atoms with Crippen molar-refractivity contribution >= 4 is 21.5 Å². The summed E-state index contributed by atoms with van der Waals surface area (Å²) in [6, 6.07) is 0. The van der Waals surface area contributed by atoms with Crippen LogP contribution in [0.3, 0.4) is 0 Å². The average Bonchev–Trinajstić information content (AvgIpc) is 3.20. The smallest absolute Gasteiger partial charge is 0.220 e. The van der Waals surface area contributed by atoms with Gasteiger partial charge < -0.3 is 10.4 Å². The van der Waals surface area contributed by atoms with E-state index in [0.29, 0.717) is 25.0 Å². The summed E-state index contributed by atoms with van der Waals surface area (Å²) >= 11 is 0. The van der Waals surface area contributed by atoms with E-state index in [2.05, 4.69) is 18.3 Å². The van der Waals surface area contributed by atoms with E-state index in [9.17, 15) is 23.1 Å². The van der Waals surface area contributed by atoms with Crippen molar-refractivity contribution in [1.29, 1.82) is 0 Å². The van der Waals surface area contributed by atoms with E-state index in [4.69, 9.17) is 0 Å². The van der Waals surface area contributed by atoms with Gasteiger partial charge in [-0.1, -0.05) is 57.6 Å². The van der Waals surface area contributed by atoms with Crippen molar-refractivity contribution in [3.05, 3.63) is 12.2 Å². The van der Waals surface area contributed by atoms with E-state index in [1.807, 2.05) is 13.0 Å². The maximum Gasteiger partial charge on any atom is 0.220 e. The molecule has 2 fully saturated rings. The molecule has 0 aromatic heterocycles. The largest absolute Gasteiger partial charge is 0.389 e. The maximum atomic E-state index is 12.3. The number of rotatable bonds is 14. The molecule has 0 bridgehead atoms. The standard InChI is InChI=1S/C25H43NO5S/c1-3-4-7-10-21(27)15-13-20-14-16-23(28)22(20)11-8-5-6-9-12-24(29)26-25(2)17-18-32(30,31)19-25/h13,15,20-22,27H,3-12,14,16-19H2,1-2H3,(H,26,29)/b15-13+/t20-,21+,22+,25-/m0/s1. The Balaban J connectivity index is 1.61. The Labute approximate surface area is 194 Å². The Morgan fingerprint density at radius 2 is 1.97 bits per heavy atom. The van der Waals surface area contributed by atoms with Crippen molar-refractivity contribution in [1.82, 2.24) is 5.32 Å². The lowest BCUT2D eigenvalue weighted by atomic mass is 9.89. The summed E-state index contributed by atoms with van der Waals surface area (Å²) in [6.07, 6.45) is 14.6. The molecule has 1 saturated heterocycles. The Hall–Kier alpha value is -1.21. The van der Waals surface area contributed by atoms with Gasteiger partial charge in [0.1, 0.15) is 5.78 Å². The highest BCUT2D eigenvalue weighted by atomic mass is 32.2. The molecule has 1 amide bonds. The van der Waals surface area contributed by atoms with Gasteiger partial charge in [0.2, 0.25) is 5.91 Å². The molecular weight excluding hydrogens is 426 g/mol. The number of allylic oxidation sites excluding steroid dienone is 1. The highest BCUT2D eigenvalue weighted by Crippen LogP contribution is 2.34. The molecule has 1 aliphatic heterocycles. The number of amides is 1. The molecular formula is C25H43NO5S. The first-order chi connectivity index (χ1) is 15.1. The molecule has 2 rings (SSSR count). The van der Waals surface area contributed by atoms with Crippen molar-refractivity contribution in [2.75, 3.05) is 11.5 Å². The van der Waals surface area contributed by atoms with Crippen LogP contribution in [0.4, 0.5) is 0 Å². The highest BCUT2D eigenvalue weighted by molar-refractivity contribution is 7.91. The van der Waals surface area contributed by atoms with Crippen molar-refractivity contribution in [2.24, 2.45) is 11.8 Å². The minimum Gasteiger partial charge on any atom is -0.389 e. The second kappa shape index (κ2) is 12.9. The number of unbranched alkanes of at least 4 members (excludes halogenated alkanes) is 5. The molecule has 184 valence electrons. The summed E-state index contributed by atoms with van der Waals surface area (Å²) in [5.41, 5.74) is -0.620. The van der Waals surface area contributed by atoms with Crippen LogP contribution in [0, 0.1) is 11.8 Å². The third kappa shape index (κ3) is 9.34. The lowest BCUT2D eigenvalue weighted by molar-refractivity contribution is -0.123. The Morgan fingerprint density at radius 3 is 2.66 bits per heavy atom. The molecule has 2 N–H and O–H groups in total. The van der Waals surface area contributed by atoms with Crippen LogP contribution >= 0.6 is 0 Å². The fourth-order valence-electron chi connectivity index (χ4n) is 5.02. The molecule has 7 heteroatoms. The van der Waals surface area contributed by atoms with Gasteiger partial charge in [0, 0.05) is 18.8 Å². The number of ketones is 1. The SMILES string of the molecule is CCCCC[C@@H](O)/C=C/[C@H]1CCC(=O)[C@@H]1CCCCCCC(=O)N[C@@]1(C)CCS(=O)(=O)C1. The number of hydrogen-bond donors (Lipinski definition) is 2. The summed E-state index contributed by atoms with van der Waals surface area (Å²) in [5, 5.41) is 13.0. The molecule has 6 nitrogen and oxygen atoms in total. The third-order valence-electron chi connectivity index (χ3n) is 6.95. The van der Waals surface area contributed by atoms with Crippen molar-refractivity contribution in [3.8, 4) is 0 Å². The zero-order chi connectivity index (χ0) is 23.6. The fraction of sp³-hybridized carbons (Fsp3) is 0.840. The van der Waals surface area contributed by atoms with Crippen LogP contribution in [0.2, 0.25) is 0 Å². The van der Waals surface area contributed by atoms with E-state index in [1.165, 1.54) is 0 Å². The predicted molar refractivity (Wildman–Crippen MR) is 128 cm³/mol. The van der Waals surface area contributed by atoms with Gasteiger partial charge in [0.25, 0.3) is 0 Å². The molecule has 0 radical (unpaired) electrons. The van der Waals surface area contributed by atoms with Crippen LogP contribution in [-0.2, 0) is 19.4 Å². The molecule has 0 aromatic rings. The minimum atomic E-state index is -3.02. The fourth-order valence-corrected chi connectivity index (χ4v) is 7.11. The number of aliphatic hydroxyl groups is 1. The van der Waals surface area contributed by atoms with Crippen molar-refractivity contribution < 1.29 is 23.1 Å². The van der Waals surface area contributed by atoms with Gasteiger partial charge in [-0.15, -0.1) is 0 Å². The number of aliphatic hydroxyl groups excluding tert-OH is 1. The van der Waals surface area contributed by atoms with E-state index in [-0.39, 0.29) is 29.2 Å². The molecule has 1 saturated carbocycles. The van der Waals surface area contributed by atoms with Crippen LogP contribution in [0.15, 0.2) is 12.2 Å². The van der Waals surface area contributed by atoms with Gasteiger partial charge in [-0.05, 0) is 44.9 Å². The van der Waals surface area contributed by atoms with Gasteiger partial charge in [0.15, 0.2) is 9.84 Å². The molecule has 0 aromatic carbocycles. The monoisotopic (exact) mass is 469 g/mol. The second-order valence-corrected chi connectivity index (χ2v) is 12.3. The Kier molecular flexibility index (Phi) is 10.9. The van der Waals surface area contributed by atoms with Gasteiger partial charge in [-0.2, -0.15) is 0 Å². The topological polar surface area (TPSA) is 101 Å². The normalized spacial score (nSPS) is 28.4. The van der Waals surface area contributed by atoms with E-state index < -0.39 is 21.5 Å². The summed E-state index contributed by atoms with van der Waals surface area (Å²) < 4.78 is 23.3. The zero-order valence-corrected chi connectivity index (χ0v) is 20.8. The summed E-state index contributed by atoms with van der Waals surface area (Å²) in [6.45, 7) is 3.96. The molecule has 2 aliphatic rings. The maximum absolute atomic E-state index is 12.3. The average molecular weight is 470 g/mol. The van der Waals surface area contributed by atoms with Crippen LogP contribution < -0.4 is 5.32 Å². The first-order valence-electron chi connectivity index (χ1n) is 12.5. The lowest BCUT2D eigenvalue weighted by Gasteiger charge is -2.23. The number of carbonyl (C=O) groups excluding carboxylic acids is 2. The molecule has 4 atom stereocenters. The molecule has 1 heterocycles. The number of carbonyl (C=O) groups is 2. The Bertz CT molecular complexity index is 747. The third-order valence-corrected chi connectivity index (χ3v) is 8.85. The van der Waals surface area contributed by atoms with Gasteiger partial charge >= 0.3 is 0 Å². The lowest BCUT2D eigenvalue weighted by Crippen LogP contribution is -2.46. The van der Waals surface area contributed by atoms with Gasteiger partial charge in [-0.3, -0.25) is 9.59 Å². The summed E-state index contributed by atoms with van der Waals surface area (Å²) in [5.74, 6) is 0.779. The molecule has 0 spiro atoms. The molecule has 1 aliphatic carbocycles. The van der Waals surface area contributed by atoms with Crippen molar-refractivity contribution in [2.45, 2.75) is 109 Å². The van der Waals surface area contributed by atoms with Crippen LogP contribution in [0.1, 0.15) is 97.3 Å². The number of nitrogens with one attached hydrogen (secondary N) is 1. The summed E-state index contributed by atoms with van der Waals surface area (Å²) in [4.78, 5) is 24.5. The van der Waals surface area contributed by atoms with Crippen LogP contribution in [-0.4, -0.2) is 48.4 Å². The molecule has 32 heavy (non-hydrogen) atoms. The quantitative estimate of drug-likeness (QED) is 0.294.